The molecule has 5 heteroatoms. The molecule has 0 heterocycles. The van der Waals surface area contributed by atoms with Crippen molar-refractivity contribution < 1.29 is 23.1 Å². The number of benzene rings is 2. The van der Waals surface area contributed by atoms with Crippen molar-refractivity contribution in [2.75, 3.05) is 0 Å². The number of rotatable bonds is 5. The van der Waals surface area contributed by atoms with Crippen LogP contribution in [-0.2, 0) is 11.0 Å². The first-order chi connectivity index (χ1) is 10.8. The third-order valence-electron chi connectivity index (χ3n) is 3.71. The summed E-state index contributed by atoms with van der Waals surface area (Å²) in [5, 5.41) is 9.32. The maximum atomic E-state index is 13.1. The van der Waals surface area contributed by atoms with Crippen LogP contribution in [0.2, 0.25) is 0 Å². The fourth-order valence-electron chi connectivity index (χ4n) is 2.63. The van der Waals surface area contributed by atoms with Crippen LogP contribution in [0.3, 0.4) is 0 Å². The van der Waals surface area contributed by atoms with Crippen LogP contribution >= 0.6 is 0 Å². The van der Waals surface area contributed by atoms with Gasteiger partial charge in [0, 0.05) is 0 Å². The van der Waals surface area contributed by atoms with Crippen LogP contribution in [0, 0.1) is 0 Å². The zero-order valence-electron chi connectivity index (χ0n) is 12.6. The summed E-state index contributed by atoms with van der Waals surface area (Å²) >= 11 is 0. The second kappa shape index (κ2) is 6.86. The summed E-state index contributed by atoms with van der Waals surface area (Å²) in [7, 11) is 0. The molecule has 0 amide bonds. The lowest BCUT2D eigenvalue weighted by molar-refractivity contribution is -0.139. The molecule has 1 N–H and O–H groups in total. The highest BCUT2D eigenvalue weighted by molar-refractivity contribution is 5.77. The molecule has 2 aromatic rings. The van der Waals surface area contributed by atoms with Gasteiger partial charge in [-0.2, -0.15) is 13.2 Å². The van der Waals surface area contributed by atoms with E-state index in [1.54, 1.807) is 24.3 Å². The van der Waals surface area contributed by atoms with E-state index < -0.39 is 23.6 Å². The number of carbonyl (C=O) groups is 1. The molecule has 0 saturated heterocycles. The molecule has 0 aliphatic rings. The second-order valence-electron chi connectivity index (χ2n) is 5.35. The van der Waals surface area contributed by atoms with Crippen molar-refractivity contribution in [1.29, 1.82) is 0 Å². The van der Waals surface area contributed by atoms with Gasteiger partial charge in [-0.05, 0) is 29.2 Å². The predicted octanol–water partition coefficient (Wildman–Crippen LogP) is 5.34. The van der Waals surface area contributed by atoms with E-state index in [-0.39, 0.29) is 5.56 Å². The molecule has 122 valence electrons. The van der Waals surface area contributed by atoms with Gasteiger partial charge in [0.2, 0.25) is 0 Å². The molecule has 0 aromatic heterocycles. The predicted molar refractivity (Wildman–Crippen MR) is 82.2 cm³/mol. The first kappa shape index (κ1) is 17.1. The highest BCUT2D eigenvalue weighted by atomic mass is 19.4. The molecule has 0 spiro atoms. The van der Waals surface area contributed by atoms with Crippen LogP contribution in [0.1, 0.15) is 36.8 Å². The Morgan fingerprint density at radius 2 is 1.83 bits per heavy atom. The SMILES string of the molecule is CCCC(C(=O)O)c1cccc(-c2ccccc2C(F)(F)F)c1. The Morgan fingerprint density at radius 1 is 1.13 bits per heavy atom. The number of carboxylic acids is 1. The highest BCUT2D eigenvalue weighted by Crippen LogP contribution is 2.37. The molecule has 0 fully saturated rings. The van der Waals surface area contributed by atoms with Gasteiger partial charge in [0.15, 0.2) is 0 Å². The van der Waals surface area contributed by atoms with E-state index in [9.17, 15) is 23.1 Å². The maximum absolute atomic E-state index is 13.1. The van der Waals surface area contributed by atoms with Crippen molar-refractivity contribution in [3.63, 3.8) is 0 Å². The molecule has 0 bridgehead atoms. The van der Waals surface area contributed by atoms with E-state index in [1.165, 1.54) is 18.2 Å². The smallest absolute Gasteiger partial charge is 0.417 e. The third kappa shape index (κ3) is 3.92. The summed E-state index contributed by atoms with van der Waals surface area (Å²) in [5.74, 6) is -1.67. The number of aliphatic carboxylic acids is 1. The number of carboxylic acid groups (broad SMARTS) is 1. The first-order valence-corrected chi connectivity index (χ1v) is 7.34. The summed E-state index contributed by atoms with van der Waals surface area (Å²) in [6.45, 7) is 1.87. The summed E-state index contributed by atoms with van der Waals surface area (Å²) in [5.41, 5.74) is 0.230. The Kier molecular flexibility index (Phi) is 5.08. The summed E-state index contributed by atoms with van der Waals surface area (Å²) in [6, 6.07) is 11.7. The fraction of sp³-hybridized carbons (Fsp3) is 0.278. The van der Waals surface area contributed by atoms with Crippen LogP contribution in [-0.4, -0.2) is 11.1 Å². The molecule has 2 aromatic carbocycles. The normalized spacial score (nSPS) is 12.9. The Hall–Kier alpha value is -2.30. The highest BCUT2D eigenvalue weighted by Gasteiger charge is 2.33. The average Bonchev–Trinajstić information content (AvgIpc) is 2.51. The Labute approximate surface area is 132 Å². The first-order valence-electron chi connectivity index (χ1n) is 7.34. The number of halogens is 3. The average molecular weight is 322 g/mol. The van der Waals surface area contributed by atoms with Gasteiger partial charge in [-0.15, -0.1) is 0 Å². The minimum Gasteiger partial charge on any atom is -0.481 e. The van der Waals surface area contributed by atoms with Crippen molar-refractivity contribution in [3.8, 4) is 11.1 Å². The molecule has 1 unspecified atom stereocenters. The molecule has 0 saturated carbocycles. The van der Waals surface area contributed by atoms with Gasteiger partial charge in [0.25, 0.3) is 0 Å². The van der Waals surface area contributed by atoms with Gasteiger partial charge >= 0.3 is 12.1 Å². The minimum absolute atomic E-state index is 0.0579. The molecule has 0 aliphatic carbocycles. The molecule has 23 heavy (non-hydrogen) atoms. The van der Waals surface area contributed by atoms with E-state index in [2.05, 4.69) is 0 Å². The quantitative estimate of drug-likeness (QED) is 0.806. The summed E-state index contributed by atoms with van der Waals surface area (Å²) in [6.07, 6.45) is -3.33. The van der Waals surface area contributed by atoms with Gasteiger partial charge in [-0.3, -0.25) is 4.79 Å². The van der Waals surface area contributed by atoms with Crippen LogP contribution in [0.4, 0.5) is 13.2 Å². The third-order valence-corrected chi connectivity index (χ3v) is 3.71. The van der Waals surface area contributed by atoms with E-state index in [0.717, 1.165) is 6.07 Å². The molecule has 2 rings (SSSR count). The molecular weight excluding hydrogens is 305 g/mol. The van der Waals surface area contributed by atoms with E-state index in [4.69, 9.17) is 0 Å². The van der Waals surface area contributed by atoms with Gasteiger partial charge in [0.1, 0.15) is 0 Å². The van der Waals surface area contributed by atoms with Gasteiger partial charge in [-0.1, -0.05) is 55.8 Å². The van der Waals surface area contributed by atoms with E-state index >= 15 is 0 Å². The molecule has 1 atom stereocenters. The van der Waals surface area contributed by atoms with Crippen LogP contribution in [0.15, 0.2) is 48.5 Å². The van der Waals surface area contributed by atoms with E-state index in [1.807, 2.05) is 6.92 Å². The second-order valence-corrected chi connectivity index (χ2v) is 5.35. The van der Waals surface area contributed by atoms with Gasteiger partial charge in [-0.25, -0.2) is 0 Å². The molecule has 2 nitrogen and oxygen atoms in total. The Balaban J connectivity index is 2.51. The number of hydrogen-bond donors (Lipinski definition) is 1. The zero-order chi connectivity index (χ0) is 17.0. The lowest BCUT2D eigenvalue weighted by Crippen LogP contribution is -2.11. The van der Waals surface area contributed by atoms with Crippen LogP contribution in [0.25, 0.3) is 11.1 Å². The standard InChI is InChI=1S/C18H17F3O2/c1-2-6-15(17(22)23)13-8-5-7-12(11-13)14-9-3-4-10-16(14)18(19,20)21/h3-5,7-11,15H,2,6H2,1H3,(H,22,23). The Morgan fingerprint density at radius 3 is 2.43 bits per heavy atom. The fourth-order valence-corrected chi connectivity index (χ4v) is 2.63. The summed E-state index contributed by atoms with van der Waals surface area (Å²) < 4.78 is 39.4. The van der Waals surface area contributed by atoms with Crippen molar-refractivity contribution >= 4 is 5.97 Å². The van der Waals surface area contributed by atoms with Crippen LogP contribution in [0.5, 0.6) is 0 Å². The van der Waals surface area contributed by atoms with Crippen molar-refractivity contribution in [3.05, 3.63) is 59.7 Å². The molecule has 0 radical (unpaired) electrons. The lowest BCUT2D eigenvalue weighted by Gasteiger charge is -2.16. The molecule has 0 aliphatic heterocycles. The van der Waals surface area contributed by atoms with Crippen molar-refractivity contribution in [1.82, 2.24) is 0 Å². The maximum Gasteiger partial charge on any atom is 0.417 e. The number of alkyl halides is 3. The lowest BCUT2D eigenvalue weighted by atomic mass is 9.90. The minimum atomic E-state index is -4.46. The Bertz CT molecular complexity index is 693. The number of hydrogen-bond acceptors (Lipinski definition) is 1. The van der Waals surface area contributed by atoms with Crippen molar-refractivity contribution in [2.45, 2.75) is 31.9 Å². The van der Waals surface area contributed by atoms with E-state index in [0.29, 0.717) is 24.0 Å². The monoisotopic (exact) mass is 322 g/mol. The van der Waals surface area contributed by atoms with Crippen LogP contribution < -0.4 is 0 Å². The van der Waals surface area contributed by atoms with Gasteiger partial charge in [0.05, 0.1) is 11.5 Å². The molecular formula is C18H17F3O2. The van der Waals surface area contributed by atoms with Gasteiger partial charge < -0.3 is 5.11 Å². The largest absolute Gasteiger partial charge is 0.481 e. The summed E-state index contributed by atoms with van der Waals surface area (Å²) in [4.78, 5) is 11.4. The zero-order valence-corrected chi connectivity index (χ0v) is 12.6. The van der Waals surface area contributed by atoms with Crippen molar-refractivity contribution in [2.24, 2.45) is 0 Å². The topological polar surface area (TPSA) is 37.3 Å².